The van der Waals surface area contributed by atoms with Gasteiger partial charge in [0, 0.05) is 38.3 Å². The van der Waals surface area contributed by atoms with Crippen LogP contribution in [-0.4, -0.2) is 61.1 Å². The van der Waals surface area contributed by atoms with Crippen LogP contribution in [0.15, 0.2) is 24.3 Å². The Morgan fingerprint density at radius 2 is 1.62 bits per heavy atom. The molecule has 0 unspecified atom stereocenters. The summed E-state index contributed by atoms with van der Waals surface area (Å²) < 4.78 is 5.72. The first-order chi connectivity index (χ1) is 12.7. The summed E-state index contributed by atoms with van der Waals surface area (Å²) in [4.78, 5) is 28.0. The van der Waals surface area contributed by atoms with E-state index in [1.165, 1.54) is 19.3 Å². The molecule has 0 radical (unpaired) electrons. The molecule has 1 aromatic carbocycles. The van der Waals surface area contributed by atoms with Crippen molar-refractivity contribution < 1.29 is 14.3 Å². The summed E-state index contributed by atoms with van der Waals surface area (Å²) in [7, 11) is 0. The molecule has 1 aliphatic heterocycles. The SMILES string of the molecule is CCCCCCOc1ccc(C(=O)N2CCN(C(=O)NCC)CC2)cc1. The van der Waals surface area contributed by atoms with Crippen LogP contribution in [-0.2, 0) is 0 Å². The molecule has 144 valence electrons. The molecule has 1 aliphatic rings. The van der Waals surface area contributed by atoms with Crippen molar-refractivity contribution in [2.45, 2.75) is 39.5 Å². The van der Waals surface area contributed by atoms with Crippen LogP contribution in [0.2, 0.25) is 0 Å². The standard InChI is InChI=1S/C20H31N3O3/c1-3-5-6-7-16-26-18-10-8-17(9-11-18)19(24)22-12-14-23(15-13-22)20(25)21-4-2/h8-11H,3-7,12-16H2,1-2H3,(H,21,25). The highest BCUT2D eigenvalue weighted by atomic mass is 16.5. The van der Waals surface area contributed by atoms with E-state index >= 15 is 0 Å². The molecular formula is C20H31N3O3. The zero-order valence-electron chi connectivity index (χ0n) is 16.0. The predicted octanol–water partition coefficient (Wildman–Crippen LogP) is 3.13. The van der Waals surface area contributed by atoms with Crippen LogP contribution in [0.3, 0.4) is 0 Å². The van der Waals surface area contributed by atoms with E-state index in [1.807, 2.05) is 31.2 Å². The molecule has 6 nitrogen and oxygen atoms in total. The number of piperazine rings is 1. The Labute approximate surface area is 156 Å². The molecule has 1 fully saturated rings. The van der Waals surface area contributed by atoms with E-state index in [1.54, 1.807) is 9.80 Å². The van der Waals surface area contributed by atoms with E-state index < -0.39 is 0 Å². The second-order valence-corrected chi connectivity index (χ2v) is 6.55. The molecule has 0 saturated carbocycles. The number of rotatable bonds is 8. The van der Waals surface area contributed by atoms with Crippen molar-refractivity contribution in [2.24, 2.45) is 0 Å². The van der Waals surface area contributed by atoms with Gasteiger partial charge in [-0.2, -0.15) is 0 Å². The summed E-state index contributed by atoms with van der Waals surface area (Å²) in [6, 6.07) is 7.30. The van der Waals surface area contributed by atoms with Crippen LogP contribution in [0.25, 0.3) is 0 Å². The normalized spacial score (nSPS) is 14.2. The Morgan fingerprint density at radius 1 is 0.962 bits per heavy atom. The fourth-order valence-electron chi connectivity index (χ4n) is 2.97. The molecule has 1 heterocycles. The van der Waals surface area contributed by atoms with Gasteiger partial charge in [0.2, 0.25) is 0 Å². The number of unbranched alkanes of at least 4 members (excludes halogenated alkanes) is 3. The number of urea groups is 1. The predicted molar refractivity (Wildman–Crippen MR) is 103 cm³/mol. The van der Waals surface area contributed by atoms with Crippen molar-refractivity contribution in [3.05, 3.63) is 29.8 Å². The van der Waals surface area contributed by atoms with Crippen molar-refractivity contribution in [1.29, 1.82) is 0 Å². The minimum absolute atomic E-state index is 0.00930. The molecular weight excluding hydrogens is 330 g/mol. The minimum atomic E-state index is -0.0555. The maximum atomic E-state index is 12.6. The number of benzene rings is 1. The van der Waals surface area contributed by atoms with Crippen LogP contribution in [0.5, 0.6) is 5.75 Å². The third kappa shape index (κ3) is 5.93. The van der Waals surface area contributed by atoms with Crippen molar-refractivity contribution in [3.63, 3.8) is 0 Å². The lowest BCUT2D eigenvalue weighted by atomic mass is 10.1. The Balaban J connectivity index is 1.78. The average molecular weight is 361 g/mol. The van der Waals surface area contributed by atoms with E-state index in [4.69, 9.17) is 4.74 Å². The van der Waals surface area contributed by atoms with Crippen molar-refractivity contribution in [2.75, 3.05) is 39.3 Å². The third-order valence-electron chi connectivity index (χ3n) is 4.55. The van der Waals surface area contributed by atoms with Gasteiger partial charge in [0.15, 0.2) is 0 Å². The quantitative estimate of drug-likeness (QED) is 0.724. The lowest BCUT2D eigenvalue weighted by molar-refractivity contribution is 0.0665. The lowest BCUT2D eigenvalue weighted by Crippen LogP contribution is -2.53. The van der Waals surface area contributed by atoms with E-state index in [2.05, 4.69) is 12.2 Å². The third-order valence-corrected chi connectivity index (χ3v) is 4.55. The first-order valence-electron chi connectivity index (χ1n) is 9.70. The molecule has 1 N–H and O–H groups in total. The van der Waals surface area contributed by atoms with Crippen LogP contribution in [0.1, 0.15) is 49.9 Å². The molecule has 0 atom stereocenters. The van der Waals surface area contributed by atoms with E-state index in [0.717, 1.165) is 18.8 Å². The zero-order valence-corrected chi connectivity index (χ0v) is 16.0. The average Bonchev–Trinajstić information content (AvgIpc) is 2.68. The molecule has 0 bridgehead atoms. The van der Waals surface area contributed by atoms with Gasteiger partial charge in [0.1, 0.15) is 5.75 Å². The summed E-state index contributed by atoms with van der Waals surface area (Å²) in [6.45, 7) is 7.68. The van der Waals surface area contributed by atoms with Gasteiger partial charge < -0.3 is 19.9 Å². The van der Waals surface area contributed by atoms with E-state index in [-0.39, 0.29) is 11.9 Å². The summed E-state index contributed by atoms with van der Waals surface area (Å²) in [5, 5.41) is 2.79. The Bertz CT molecular complexity index is 566. The highest BCUT2D eigenvalue weighted by Crippen LogP contribution is 2.15. The number of nitrogens with zero attached hydrogens (tertiary/aromatic N) is 2. The summed E-state index contributed by atoms with van der Waals surface area (Å²) in [6.07, 6.45) is 4.71. The van der Waals surface area contributed by atoms with Crippen LogP contribution >= 0.6 is 0 Å². The van der Waals surface area contributed by atoms with Gasteiger partial charge in [-0.15, -0.1) is 0 Å². The largest absolute Gasteiger partial charge is 0.494 e. The smallest absolute Gasteiger partial charge is 0.317 e. The number of carbonyl (C=O) groups is 2. The molecule has 0 spiro atoms. The van der Waals surface area contributed by atoms with Gasteiger partial charge in [-0.1, -0.05) is 26.2 Å². The first kappa shape index (κ1) is 20.1. The Morgan fingerprint density at radius 3 is 2.23 bits per heavy atom. The maximum Gasteiger partial charge on any atom is 0.317 e. The summed E-state index contributed by atoms with van der Waals surface area (Å²) in [5.74, 6) is 0.814. The molecule has 0 aliphatic carbocycles. The summed E-state index contributed by atoms with van der Waals surface area (Å²) in [5.41, 5.74) is 0.662. The second-order valence-electron chi connectivity index (χ2n) is 6.55. The van der Waals surface area contributed by atoms with Gasteiger partial charge in [0.05, 0.1) is 6.61 Å². The molecule has 6 heteroatoms. The number of amides is 3. The number of hydrogen-bond donors (Lipinski definition) is 1. The lowest BCUT2D eigenvalue weighted by Gasteiger charge is -2.34. The van der Waals surface area contributed by atoms with Gasteiger partial charge >= 0.3 is 6.03 Å². The highest BCUT2D eigenvalue weighted by Gasteiger charge is 2.24. The molecule has 3 amide bonds. The molecule has 0 aromatic heterocycles. The van der Waals surface area contributed by atoms with Gasteiger partial charge in [-0.05, 0) is 37.6 Å². The molecule has 1 aromatic rings. The van der Waals surface area contributed by atoms with Crippen LogP contribution < -0.4 is 10.1 Å². The number of carbonyl (C=O) groups excluding carboxylic acids is 2. The number of hydrogen-bond acceptors (Lipinski definition) is 3. The number of nitrogens with one attached hydrogen (secondary N) is 1. The van der Waals surface area contributed by atoms with Gasteiger partial charge in [0.25, 0.3) is 5.91 Å². The van der Waals surface area contributed by atoms with Crippen molar-refractivity contribution in [3.8, 4) is 5.75 Å². The second kappa shape index (κ2) is 10.7. The summed E-state index contributed by atoms with van der Waals surface area (Å²) >= 11 is 0. The zero-order chi connectivity index (χ0) is 18.8. The van der Waals surface area contributed by atoms with Gasteiger partial charge in [-0.25, -0.2) is 4.79 Å². The van der Waals surface area contributed by atoms with Gasteiger partial charge in [-0.3, -0.25) is 4.79 Å². The Kier molecular flexibility index (Phi) is 8.25. The minimum Gasteiger partial charge on any atom is -0.494 e. The monoisotopic (exact) mass is 361 g/mol. The highest BCUT2D eigenvalue weighted by molar-refractivity contribution is 5.94. The molecule has 26 heavy (non-hydrogen) atoms. The Hall–Kier alpha value is -2.24. The molecule has 1 saturated heterocycles. The topological polar surface area (TPSA) is 61.9 Å². The van der Waals surface area contributed by atoms with Crippen LogP contribution in [0, 0.1) is 0 Å². The first-order valence-corrected chi connectivity index (χ1v) is 9.70. The van der Waals surface area contributed by atoms with E-state index in [0.29, 0.717) is 38.3 Å². The fraction of sp³-hybridized carbons (Fsp3) is 0.600. The van der Waals surface area contributed by atoms with Crippen LogP contribution in [0.4, 0.5) is 4.79 Å². The van der Waals surface area contributed by atoms with Crippen molar-refractivity contribution >= 4 is 11.9 Å². The fourth-order valence-corrected chi connectivity index (χ4v) is 2.97. The number of ether oxygens (including phenoxy) is 1. The molecule has 2 rings (SSSR count). The maximum absolute atomic E-state index is 12.6. The van der Waals surface area contributed by atoms with Crippen molar-refractivity contribution in [1.82, 2.24) is 15.1 Å². The van der Waals surface area contributed by atoms with E-state index in [9.17, 15) is 9.59 Å².